The third-order valence-electron chi connectivity index (χ3n) is 4.26. The predicted octanol–water partition coefficient (Wildman–Crippen LogP) is 7.05. The summed E-state index contributed by atoms with van der Waals surface area (Å²) in [5.74, 6) is 7.81. The third-order valence-corrected chi connectivity index (χ3v) is 6.93. The molecule has 21 heavy (non-hydrogen) atoms. The Kier molecular flexibility index (Phi) is 12.6. The first-order valence-corrected chi connectivity index (χ1v) is 11.2. The van der Waals surface area contributed by atoms with Gasteiger partial charge in [-0.3, -0.25) is 0 Å². The Balaban J connectivity index is 3.91. The first-order valence-electron chi connectivity index (χ1n) is 8.89. The first kappa shape index (κ1) is 21.7. The smallest absolute Gasteiger partial charge is 0.0392 e. The van der Waals surface area contributed by atoms with Crippen molar-refractivity contribution in [1.29, 1.82) is 0 Å². The Morgan fingerprint density at radius 1 is 0.571 bits per heavy atom. The molecular formula is C19H40S2. The second-order valence-corrected chi connectivity index (χ2v) is 10.6. The van der Waals surface area contributed by atoms with Gasteiger partial charge in [-0.2, -0.15) is 23.5 Å². The van der Waals surface area contributed by atoms with Gasteiger partial charge in [0.1, 0.15) is 0 Å². The molecule has 0 fully saturated rings. The molecule has 2 heteroatoms. The fourth-order valence-corrected chi connectivity index (χ4v) is 5.62. The highest BCUT2D eigenvalue weighted by Crippen LogP contribution is 2.29. The maximum Gasteiger partial charge on any atom is 0.0392 e. The molecule has 0 N–H and O–H groups in total. The SMILES string of the molecule is CC(C)CC(CSCSCC(CC(C)C)C(C)C)C(C)C. The number of rotatable bonds is 12. The van der Waals surface area contributed by atoms with Crippen LogP contribution in [0.5, 0.6) is 0 Å². The van der Waals surface area contributed by atoms with Crippen molar-refractivity contribution in [3.8, 4) is 0 Å². The summed E-state index contributed by atoms with van der Waals surface area (Å²) in [5, 5.41) is 1.28. The molecule has 128 valence electrons. The summed E-state index contributed by atoms with van der Waals surface area (Å²) in [7, 11) is 0. The summed E-state index contributed by atoms with van der Waals surface area (Å²) in [6.07, 6.45) is 2.77. The monoisotopic (exact) mass is 332 g/mol. The van der Waals surface area contributed by atoms with Crippen molar-refractivity contribution in [2.45, 2.75) is 68.2 Å². The molecule has 0 amide bonds. The van der Waals surface area contributed by atoms with Crippen LogP contribution >= 0.6 is 23.5 Å². The Bertz CT molecular complexity index is 210. The third kappa shape index (κ3) is 11.9. The van der Waals surface area contributed by atoms with E-state index in [9.17, 15) is 0 Å². The van der Waals surface area contributed by atoms with Crippen LogP contribution in [0, 0.1) is 35.5 Å². The normalized spacial score (nSPS) is 15.4. The van der Waals surface area contributed by atoms with Crippen LogP contribution in [-0.4, -0.2) is 16.6 Å². The van der Waals surface area contributed by atoms with E-state index >= 15 is 0 Å². The molecule has 0 saturated carbocycles. The summed E-state index contributed by atoms with van der Waals surface area (Å²) >= 11 is 4.33. The molecule has 0 radical (unpaired) electrons. The van der Waals surface area contributed by atoms with Crippen molar-refractivity contribution >= 4 is 23.5 Å². The van der Waals surface area contributed by atoms with E-state index in [1.165, 1.54) is 29.4 Å². The summed E-state index contributed by atoms with van der Waals surface area (Å²) in [6.45, 7) is 19.0. The molecule has 0 bridgehead atoms. The van der Waals surface area contributed by atoms with E-state index in [-0.39, 0.29) is 0 Å². The van der Waals surface area contributed by atoms with Gasteiger partial charge in [-0.1, -0.05) is 55.4 Å². The van der Waals surface area contributed by atoms with Gasteiger partial charge in [-0.05, 0) is 59.9 Å². The van der Waals surface area contributed by atoms with Crippen molar-refractivity contribution in [1.82, 2.24) is 0 Å². The standard InChI is InChI=1S/C19H40S2/c1-14(2)9-18(16(5)6)11-20-13-21-12-19(17(7)8)10-15(3)4/h14-19H,9-13H2,1-8H3. The average molecular weight is 333 g/mol. The molecule has 0 saturated heterocycles. The predicted molar refractivity (Wildman–Crippen MR) is 105 cm³/mol. The zero-order chi connectivity index (χ0) is 16.4. The molecule has 0 nitrogen and oxygen atoms in total. The van der Waals surface area contributed by atoms with Gasteiger partial charge in [-0.15, -0.1) is 0 Å². The van der Waals surface area contributed by atoms with Gasteiger partial charge in [0.05, 0.1) is 0 Å². The largest absolute Gasteiger partial charge is 0.151 e. The van der Waals surface area contributed by atoms with E-state index < -0.39 is 0 Å². The van der Waals surface area contributed by atoms with Crippen LogP contribution in [0.4, 0.5) is 0 Å². The lowest BCUT2D eigenvalue weighted by molar-refractivity contribution is 0.349. The Morgan fingerprint density at radius 3 is 1.14 bits per heavy atom. The van der Waals surface area contributed by atoms with Crippen LogP contribution in [0.1, 0.15) is 68.2 Å². The summed E-state index contributed by atoms with van der Waals surface area (Å²) < 4.78 is 0. The average Bonchev–Trinajstić information content (AvgIpc) is 2.34. The molecule has 2 atom stereocenters. The molecule has 2 unspecified atom stereocenters. The lowest BCUT2D eigenvalue weighted by Crippen LogP contribution is -2.15. The fourth-order valence-electron chi connectivity index (χ4n) is 2.73. The lowest BCUT2D eigenvalue weighted by Gasteiger charge is -2.24. The minimum atomic E-state index is 0.828. The summed E-state index contributed by atoms with van der Waals surface area (Å²) in [5.41, 5.74) is 0. The Morgan fingerprint density at radius 2 is 0.905 bits per heavy atom. The van der Waals surface area contributed by atoms with Crippen molar-refractivity contribution in [3.63, 3.8) is 0 Å². The highest BCUT2D eigenvalue weighted by molar-refractivity contribution is 8.15. The molecule has 0 spiro atoms. The molecular weight excluding hydrogens is 292 g/mol. The minimum Gasteiger partial charge on any atom is -0.151 e. The Labute approximate surface area is 144 Å². The van der Waals surface area contributed by atoms with Gasteiger partial charge in [0.15, 0.2) is 0 Å². The first-order chi connectivity index (χ1) is 9.73. The highest BCUT2D eigenvalue weighted by Gasteiger charge is 2.17. The van der Waals surface area contributed by atoms with E-state index in [2.05, 4.69) is 78.9 Å². The van der Waals surface area contributed by atoms with Gasteiger partial charge >= 0.3 is 0 Å². The lowest BCUT2D eigenvalue weighted by atomic mass is 9.89. The van der Waals surface area contributed by atoms with Gasteiger partial charge in [0.25, 0.3) is 0 Å². The second-order valence-electron chi connectivity index (χ2n) is 8.13. The molecule has 0 heterocycles. The maximum absolute atomic E-state index is 2.39. The summed E-state index contributed by atoms with van der Waals surface area (Å²) in [6, 6.07) is 0. The highest BCUT2D eigenvalue weighted by atomic mass is 32.2. The van der Waals surface area contributed by atoms with E-state index in [1.807, 2.05) is 0 Å². The maximum atomic E-state index is 2.39. The van der Waals surface area contributed by atoms with Gasteiger partial charge < -0.3 is 0 Å². The van der Waals surface area contributed by atoms with Crippen molar-refractivity contribution in [3.05, 3.63) is 0 Å². The van der Waals surface area contributed by atoms with E-state index in [1.54, 1.807) is 0 Å². The molecule has 0 aromatic carbocycles. The molecule has 0 aliphatic heterocycles. The second kappa shape index (κ2) is 12.2. The number of hydrogen-bond acceptors (Lipinski definition) is 2. The van der Waals surface area contributed by atoms with Gasteiger partial charge in [-0.25, -0.2) is 0 Å². The Hall–Kier alpha value is 0.700. The zero-order valence-electron chi connectivity index (χ0n) is 15.8. The van der Waals surface area contributed by atoms with Crippen molar-refractivity contribution in [2.75, 3.05) is 16.6 Å². The molecule has 0 aliphatic carbocycles. The molecule has 0 rings (SSSR count). The van der Waals surface area contributed by atoms with Crippen LogP contribution in [0.2, 0.25) is 0 Å². The fraction of sp³-hybridized carbons (Fsp3) is 1.00. The van der Waals surface area contributed by atoms with Crippen LogP contribution in [-0.2, 0) is 0 Å². The van der Waals surface area contributed by atoms with Gasteiger partial charge in [0, 0.05) is 5.08 Å². The van der Waals surface area contributed by atoms with E-state index in [0.717, 1.165) is 35.5 Å². The van der Waals surface area contributed by atoms with Crippen LogP contribution in [0.25, 0.3) is 0 Å². The minimum absolute atomic E-state index is 0.828. The number of hydrogen-bond donors (Lipinski definition) is 0. The van der Waals surface area contributed by atoms with E-state index in [0.29, 0.717) is 0 Å². The topological polar surface area (TPSA) is 0 Å². The molecule has 0 aromatic heterocycles. The van der Waals surface area contributed by atoms with Crippen LogP contribution < -0.4 is 0 Å². The number of thioether (sulfide) groups is 2. The van der Waals surface area contributed by atoms with Gasteiger partial charge in [0.2, 0.25) is 0 Å². The van der Waals surface area contributed by atoms with Crippen LogP contribution in [0.15, 0.2) is 0 Å². The molecule has 0 aromatic rings. The molecule has 0 aliphatic rings. The zero-order valence-corrected chi connectivity index (χ0v) is 17.4. The van der Waals surface area contributed by atoms with E-state index in [4.69, 9.17) is 0 Å². The quantitative estimate of drug-likeness (QED) is 0.277. The van der Waals surface area contributed by atoms with Crippen LogP contribution in [0.3, 0.4) is 0 Å². The van der Waals surface area contributed by atoms with Crippen molar-refractivity contribution < 1.29 is 0 Å². The van der Waals surface area contributed by atoms with Crippen molar-refractivity contribution in [2.24, 2.45) is 35.5 Å². The summed E-state index contributed by atoms with van der Waals surface area (Å²) in [4.78, 5) is 0.